The molecule has 10 atom stereocenters. The third kappa shape index (κ3) is 5.39. The van der Waals surface area contributed by atoms with Gasteiger partial charge in [0.15, 0.2) is 0 Å². The number of aliphatic hydroxyl groups is 2. The summed E-state index contributed by atoms with van der Waals surface area (Å²) >= 11 is 0. The fraction of sp³-hybridized carbons (Fsp3) is 0.634. The molecule has 2 aromatic carbocycles. The van der Waals surface area contributed by atoms with Crippen LogP contribution in [0.1, 0.15) is 102 Å². The minimum atomic E-state index is -0.615. The summed E-state index contributed by atoms with van der Waals surface area (Å²) in [5.41, 5.74) is 2.58. The predicted molar refractivity (Wildman–Crippen MR) is 182 cm³/mol. The van der Waals surface area contributed by atoms with Crippen LogP contribution in [0.25, 0.3) is 0 Å². The molecule has 0 bridgehead atoms. The van der Waals surface area contributed by atoms with E-state index >= 15 is 0 Å². The molecule has 4 aliphatic rings. The van der Waals surface area contributed by atoms with Crippen LogP contribution < -0.4 is 0 Å². The van der Waals surface area contributed by atoms with E-state index in [1.165, 1.54) is 18.4 Å². The van der Waals surface area contributed by atoms with E-state index in [2.05, 4.69) is 52.8 Å². The van der Waals surface area contributed by atoms with Crippen molar-refractivity contribution in [2.24, 2.45) is 45.3 Å². The maximum Gasteiger partial charge on any atom is 0.338 e. The Morgan fingerprint density at radius 1 is 0.957 bits per heavy atom. The molecule has 3 fully saturated rings. The number of esters is 1. The lowest BCUT2D eigenvalue weighted by atomic mass is 9.40. The summed E-state index contributed by atoms with van der Waals surface area (Å²) < 4.78 is 12.9. The minimum Gasteiger partial charge on any atom is -0.458 e. The molecule has 250 valence electrons. The Morgan fingerprint density at radius 3 is 2.35 bits per heavy atom. The number of ether oxygens (including phenoxy) is 2. The van der Waals surface area contributed by atoms with E-state index in [0.717, 1.165) is 37.7 Å². The number of hydrogen-bond acceptors (Lipinski definition) is 5. The van der Waals surface area contributed by atoms with Crippen LogP contribution in [0.2, 0.25) is 0 Å². The average Bonchev–Trinajstić information content (AvgIpc) is 3.34. The second-order valence-corrected chi connectivity index (χ2v) is 16.1. The van der Waals surface area contributed by atoms with E-state index in [4.69, 9.17) is 9.47 Å². The zero-order chi connectivity index (χ0) is 32.7. The van der Waals surface area contributed by atoms with Gasteiger partial charge < -0.3 is 19.7 Å². The van der Waals surface area contributed by atoms with Gasteiger partial charge in [-0.2, -0.15) is 0 Å². The highest BCUT2D eigenvalue weighted by atomic mass is 16.5. The molecule has 0 amide bonds. The first-order valence-electron chi connectivity index (χ1n) is 17.9. The van der Waals surface area contributed by atoms with Crippen LogP contribution in [-0.4, -0.2) is 41.6 Å². The molecule has 0 spiro atoms. The number of benzene rings is 2. The molecule has 46 heavy (non-hydrogen) atoms. The maximum absolute atomic E-state index is 13.5. The van der Waals surface area contributed by atoms with E-state index < -0.39 is 23.0 Å². The van der Waals surface area contributed by atoms with Crippen molar-refractivity contribution in [3.8, 4) is 0 Å². The van der Waals surface area contributed by atoms with Gasteiger partial charge >= 0.3 is 5.97 Å². The zero-order valence-electron chi connectivity index (χ0n) is 28.7. The molecule has 0 aliphatic heterocycles. The predicted octanol–water partition coefficient (Wildman–Crippen LogP) is 8.39. The molecule has 3 saturated carbocycles. The van der Waals surface area contributed by atoms with Gasteiger partial charge in [-0.05, 0) is 97.1 Å². The van der Waals surface area contributed by atoms with Crippen molar-refractivity contribution < 1.29 is 24.5 Å². The third-order valence-electron chi connectivity index (χ3n) is 14.0. The van der Waals surface area contributed by atoms with Crippen LogP contribution in [0.4, 0.5) is 0 Å². The largest absolute Gasteiger partial charge is 0.458 e. The summed E-state index contributed by atoms with van der Waals surface area (Å²) in [6, 6.07) is 19.5. The molecule has 2 N–H and O–H groups in total. The number of fused-ring (bicyclic) bond motifs is 5. The van der Waals surface area contributed by atoms with E-state index in [9.17, 15) is 15.0 Å². The summed E-state index contributed by atoms with van der Waals surface area (Å²) in [5.74, 6) is 1.42. The number of carbonyl (C=O) groups is 1. The van der Waals surface area contributed by atoms with Gasteiger partial charge in [-0.15, -0.1) is 0 Å². The second-order valence-electron chi connectivity index (χ2n) is 16.1. The zero-order valence-corrected chi connectivity index (χ0v) is 28.7. The van der Waals surface area contributed by atoms with Gasteiger partial charge in [-0.25, -0.2) is 4.79 Å². The van der Waals surface area contributed by atoms with Gasteiger partial charge in [0.05, 0.1) is 24.9 Å². The molecule has 5 nitrogen and oxygen atoms in total. The molecule has 0 saturated heterocycles. The van der Waals surface area contributed by atoms with E-state index in [-0.39, 0.29) is 29.3 Å². The molecule has 0 heterocycles. The highest BCUT2D eigenvalue weighted by Gasteiger charge is 2.68. The molecule has 0 aromatic heterocycles. The minimum absolute atomic E-state index is 0.101. The monoisotopic (exact) mass is 628 g/mol. The van der Waals surface area contributed by atoms with E-state index in [1.807, 2.05) is 36.4 Å². The summed E-state index contributed by atoms with van der Waals surface area (Å²) in [6.07, 6.45) is 9.35. The first kappa shape index (κ1) is 33.4. The van der Waals surface area contributed by atoms with Crippen LogP contribution in [0.5, 0.6) is 0 Å². The van der Waals surface area contributed by atoms with Crippen molar-refractivity contribution in [1.82, 2.24) is 0 Å². The maximum atomic E-state index is 13.5. The smallest absolute Gasteiger partial charge is 0.338 e. The molecular formula is C41H56O5. The number of hydrogen-bond donors (Lipinski definition) is 2. The van der Waals surface area contributed by atoms with Crippen LogP contribution in [0.15, 0.2) is 72.3 Å². The van der Waals surface area contributed by atoms with Crippen molar-refractivity contribution in [3.05, 3.63) is 83.4 Å². The molecule has 2 aromatic rings. The lowest BCUT2D eigenvalue weighted by Crippen LogP contribution is -2.64. The van der Waals surface area contributed by atoms with Gasteiger partial charge in [0, 0.05) is 23.9 Å². The first-order chi connectivity index (χ1) is 22.0. The van der Waals surface area contributed by atoms with Gasteiger partial charge in [0.25, 0.3) is 0 Å². The molecule has 6 rings (SSSR count). The Kier molecular flexibility index (Phi) is 9.35. The number of aliphatic hydroxyl groups excluding tert-OH is 2. The highest BCUT2D eigenvalue weighted by Crippen LogP contribution is 2.73. The Labute approximate surface area is 276 Å². The fourth-order valence-corrected chi connectivity index (χ4v) is 11.2. The van der Waals surface area contributed by atoms with Crippen LogP contribution >= 0.6 is 0 Å². The van der Waals surface area contributed by atoms with Crippen LogP contribution in [-0.2, 0) is 16.1 Å². The van der Waals surface area contributed by atoms with Crippen molar-refractivity contribution in [2.75, 3.05) is 13.2 Å². The van der Waals surface area contributed by atoms with Crippen molar-refractivity contribution in [2.45, 2.75) is 105 Å². The van der Waals surface area contributed by atoms with Crippen LogP contribution in [0, 0.1) is 45.3 Å². The lowest BCUT2D eigenvalue weighted by Gasteiger charge is -2.65. The average molecular weight is 629 g/mol. The quantitative estimate of drug-likeness (QED) is 0.204. The summed E-state index contributed by atoms with van der Waals surface area (Å²) in [7, 11) is 0. The highest BCUT2D eigenvalue weighted by molar-refractivity contribution is 5.89. The van der Waals surface area contributed by atoms with Gasteiger partial charge in [-0.1, -0.05) is 94.8 Å². The summed E-state index contributed by atoms with van der Waals surface area (Å²) in [5, 5.41) is 21.8. The van der Waals surface area contributed by atoms with E-state index in [0.29, 0.717) is 43.0 Å². The Hall–Kier alpha value is -2.47. The molecule has 4 aliphatic carbocycles. The number of carbonyl (C=O) groups excluding carboxylic acids is 1. The molecule has 5 heteroatoms. The molecule has 0 unspecified atom stereocenters. The lowest BCUT2D eigenvalue weighted by molar-refractivity contribution is -0.195. The van der Waals surface area contributed by atoms with Gasteiger partial charge in [-0.3, -0.25) is 0 Å². The Balaban J connectivity index is 1.32. The fourth-order valence-electron chi connectivity index (χ4n) is 11.2. The SMILES string of the molecule is C[C@H](CCCO)[C@H]1CC[C@@]2(C)[C@@H]3CC[C@H]4[C@](C)(COCc5ccccc5)[C@@H](OC(=O)c5ccccc5)C[C@@H](O)[C@]4(C)C3=CC[C@]12C. The normalized spacial score (nSPS) is 39.0. The molecular weight excluding hydrogens is 572 g/mol. The summed E-state index contributed by atoms with van der Waals surface area (Å²) in [4.78, 5) is 13.5. The first-order valence-corrected chi connectivity index (χ1v) is 17.9. The third-order valence-corrected chi connectivity index (χ3v) is 14.0. The molecule has 0 radical (unpaired) electrons. The Bertz CT molecular complexity index is 1390. The standard InChI is InChI=1S/C41H56O5/c1-28(13-12-24-42)31-20-22-40(4)32-18-19-34-38(2,27-45-26-29-14-8-6-9-15-29)36(46-37(44)30-16-10-7-11-17-30)25-35(43)41(34,5)33(32)21-23-39(31,40)3/h6-11,14-17,21,28,31-32,34-36,42-43H,12-13,18-20,22-27H2,1-5H3/t28-,31-,32-,34+,35-,36+,38+,39-,40+,41-/m1/s1. The second kappa shape index (κ2) is 12.9. The van der Waals surface area contributed by atoms with Crippen molar-refractivity contribution >= 4 is 5.97 Å². The van der Waals surface area contributed by atoms with Crippen molar-refractivity contribution in [3.63, 3.8) is 0 Å². The van der Waals surface area contributed by atoms with E-state index in [1.54, 1.807) is 12.1 Å². The number of allylic oxidation sites excluding steroid dienone is 1. The summed E-state index contributed by atoms with van der Waals surface area (Å²) in [6.45, 7) is 13.3. The van der Waals surface area contributed by atoms with Gasteiger partial charge in [0.2, 0.25) is 0 Å². The van der Waals surface area contributed by atoms with Crippen molar-refractivity contribution in [1.29, 1.82) is 0 Å². The number of rotatable bonds is 10. The topological polar surface area (TPSA) is 76.0 Å². The van der Waals surface area contributed by atoms with Gasteiger partial charge in [0.1, 0.15) is 6.10 Å². The Morgan fingerprint density at radius 2 is 1.65 bits per heavy atom. The van der Waals surface area contributed by atoms with Crippen LogP contribution in [0.3, 0.4) is 0 Å².